The van der Waals surface area contributed by atoms with E-state index in [2.05, 4.69) is 5.32 Å². The molecule has 3 aromatic carbocycles. The number of esters is 1. The van der Waals surface area contributed by atoms with Gasteiger partial charge in [0.1, 0.15) is 17.9 Å². The van der Waals surface area contributed by atoms with E-state index in [1.165, 1.54) is 28.6 Å². The first kappa shape index (κ1) is 25.4. The van der Waals surface area contributed by atoms with Gasteiger partial charge in [0.2, 0.25) is 10.0 Å². The van der Waals surface area contributed by atoms with E-state index in [0.29, 0.717) is 24.5 Å². The molecule has 36 heavy (non-hydrogen) atoms. The van der Waals surface area contributed by atoms with Gasteiger partial charge >= 0.3 is 5.97 Å². The molecule has 9 heteroatoms. The Morgan fingerprint density at radius 1 is 0.833 bits per heavy atom. The van der Waals surface area contributed by atoms with E-state index in [9.17, 15) is 18.0 Å². The van der Waals surface area contributed by atoms with Crippen molar-refractivity contribution < 1.29 is 27.5 Å². The zero-order valence-electron chi connectivity index (χ0n) is 19.8. The maximum absolute atomic E-state index is 12.8. The van der Waals surface area contributed by atoms with Crippen LogP contribution < -0.4 is 10.1 Å². The fourth-order valence-electron chi connectivity index (χ4n) is 3.87. The first-order valence-electron chi connectivity index (χ1n) is 11.8. The number of nitrogens with zero attached hydrogens (tertiary/aromatic N) is 1. The number of anilines is 1. The van der Waals surface area contributed by atoms with Gasteiger partial charge in [0.15, 0.2) is 6.61 Å². The number of nitrogens with one attached hydrogen (secondary N) is 1. The molecule has 1 heterocycles. The normalized spacial score (nSPS) is 14.1. The number of ether oxygens (including phenoxy) is 2. The summed E-state index contributed by atoms with van der Waals surface area (Å²) in [7, 11) is -3.55. The number of carbonyl (C=O) groups excluding carboxylic acids is 2. The second kappa shape index (κ2) is 11.8. The van der Waals surface area contributed by atoms with Crippen molar-refractivity contribution >= 4 is 27.6 Å². The van der Waals surface area contributed by atoms with E-state index < -0.39 is 28.5 Å². The Morgan fingerprint density at radius 2 is 1.50 bits per heavy atom. The number of rotatable bonds is 9. The summed E-state index contributed by atoms with van der Waals surface area (Å²) in [5.74, 6) is -0.869. The van der Waals surface area contributed by atoms with Gasteiger partial charge in [0.25, 0.3) is 5.91 Å². The fraction of sp³-hybridized carbons (Fsp3) is 0.259. The van der Waals surface area contributed by atoms with Crippen molar-refractivity contribution in [3.05, 3.63) is 90.0 Å². The van der Waals surface area contributed by atoms with Crippen LogP contribution in [0.3, 0.4) is 0 Å². The van der Waals surface area contributed by atoms with Crippen LogP contribution >= 0.6 is 0 Å². The highest BCUT2D eigenvalue weighted by molar-refractivity contribution is 7.89. The van der Waals surface area contributed by atoms with Crippen LogP contribution in [0.15, 0.2) is 83.8 Å². The fourth-order valence-corrected chi connectivity index (χ4v) is 5.38. The largest absolute Gasteiger partial charge is 0.488 e. The Bertz CT molecular complexity index is 1290. The summed E-state index contributed by atoms with van der Waals surface area (Å²) in [6.07, 6.45) is 2.75. The molecule has 0 spiro atoms. The van der Waals surface area contributed by atoms with Crippen LogP contribution in [-0.4, -0.2) is 44.3 Å². The molecule has 0 bridgehead atoms. The highest BCUT2D eigenvalue weighted by atomic mass is 32.2. The molecule has 1 aliphatic rings. The van der Waals surface area contributed by atoms with E-state index in [4.69, 9.17) is 9.47 Å². The number of para-hydroxylation sites is 1. The molecule has 0 saturated carbocycles. The first-order chi connectivity index (χ1) is 17.4. The number of hydrogen-bond donors (Lipinski definition) is 1. The minimum absolute atomic E-state index is 0.181. The van der Waals surface area contributed by atoms with Crippen LogP contribution in [0.1, 0.15) is 35.2 Å². The summed E-state index contributed by atoms with van der Waals surface area (Å²) >= 11 is 0. The molecule has 0 aliphatic carbocycles. The van der Waals surface area contributed by atoms with Crippen LogP contribution in [0.2, 0.25) is 0 Å². The number of hydrogen-bond acceptors (Lipinski definition) is 6. The van der Waals surface area contributed by atoms with Crippen molar-refractivity contribution in [2.75, 3.05) is 25.0 Å². The van der Waals surface area contributed by atoms with Gasteiger partial charge in [-0.3, -0.25) is 4.79 Å². The van der Waals surface area contributed by atoms with Gasteiger partial charge < -0.3 is 14.8 Å². The molecule has 0 radical (unpaired) electrons. The second-order valence-corrected chi connectivity index (χ2v) is 10.3. The SMILES string of the molecule is O=C(COC(=O)c1ccccc1OCc1ccccc1)Nc1ccc(S(=O)(=O)N2CCCCC2)cc1. The Labute approximate surface area is 210 Å². The zero-order chi connectivity index (χ0) is 25.4. The monoisotopic (exact) mass is 508 g/mol. The summed E-state index contributed by atoms with van der Waals surface area (Å²) in [5.41, 5.74) is 1.57. The molecule has 1 N–H and O–H groups in total. The predicted octanol–water partition coefficient (Wildman–Crippen LogP) is 4.24. The minimum Gasteiger partial charge on any atom is -0.488 e. The lowest BCUT2D eigenvalue weighted by Gasteiger charge is -2.25. The van der Waals surface area contributed by atoms with Crippen LogP contribution in [-0.2, 0) is 26.2 Å². The maximum Gasteiger partial charge on any atom is 0.342 e. The maximum atomic E-state index is 12.8. The Morgan fingerprint density at radius 3 is 2.22 bits per heavy atom. The zero-order valence-corrected chi connectivity index (χ0v) is 20.6. The first-order valence-corrected chi connectivity index (χ1v) is 13.2. The summed E-state index contributed by atoms with van der Waals surface area (Å²) in [5, 5.41) is 2.61. The summed E-state index contributed by atoms with van der Waals surface area (Å²) < 4.78 is 38.0. The van der Waals surface area contributed by atoms with Crippen molar-refractivity contribution in [1.29, 1.82) is 0 Å². The van der Waals surface area contributed by atoms with Gasteiger partial charge in [-0.1, -0.05) is 48.9 Å². The van der Waals surface area contributed by atoms with E-state index in [1.54, 1.807) is 24.3 Å². The quantitative estimate of drug-likeness (QED) is 0.434. The third-order valence-corrected chi connectivity index (χ3v) is 7.68. The van der Waals surface area contributed by atoms with Gasteiger partial charge in [0, 0.05) is 18.8 Å². The van der Waals surface area contributed by atoms with Crippen molar-refractivity contribution in [2.45, 2.75) is 30.8 Å². The summed E-state index contributed by atoms with van der Waals surface area (Å²) in [4.78, 5) is 25.1. The Hall–Kier alpha value is -3.69. The summed E-state index contributed by atoms with van der Waals surface area (Å²) in [6, 6.07) is 22.2. The second-order valence-electron chi connectivity index (χ2n) is 8.38. The van der Waals surface area contributed by atoms with Crippen LogP contribution in [0, 0.1) is 0 Å². The third kappa shape index (κ3) is 6.50. The topological polar surface area (TPSA) is 102 Å². The van der Waals surface area contributed by atoms with E-state index in [0.717, 1.165) is 24.8 Å². The molecule has 1 aliphatic heterocycles. The van der Waals surface area contributed by atoms with Crippen LogP contribution in [0.25, 0.3) is 0 Å². The van der Waals surface area contributed by atoms with Crippen molar-refractivity contribution in [3.63, 3.8) is 0 Å². The van der Waals surface area contributed by atoms with Gasteiger partial charge in [0.05, 0.1) is 4.90 Å². The average Bonchev–Trinajstić information content (AvgIpc) is 2.92. The number of amides is 1. The molecule has 0 aromatic heterocycles. The molecule has 4 rings (SSSR count). The summed E-state index contributed by atoms with van der Waals surface area (Å²) in [6.45, 7) is 0.827. The Balaban J connectivity index is 1.30. The molecule has 1 saturated heterocycles. The minimum atomic E-state index is -3.55. The highest BCUT2D eigenvalue weighted by Gasteiger charge is 2.25. The number of piperidine rings is 1. The number of benzene rings is 3. The van der Waals surface area contributed by atoms with Gasteiger partial charge in [-0.25, -0.2) is 13.2 Å². The smallest absolute Gasteiger partial charge is 0.342 e. The molecule has 188 valence electrons. The van der Waals surface area contributed by atoms with Crippen molar-refractivity contribution in [3.8, 4) is 5.75 Å². The van der Waals surface area contributed by atoms with Crippen molar-refractivity contribution in [1.82, 2.24) is 4.31 Å². The lowest BCUT2D eigenvalue weighted by Crippen LogP contribution is -2.35. The van der Waals surface area contributed by atoms with Crippen molar-refractivity contribution in [2.24, 2.45) is 0 Å². The molecule has 8 nitrogen and oxygen atoms in total. The van der Waals surface area contributed by atoms with E-state index >= 15 is 0 Å². The molecule has 0 atom stereocenters. The highest BCUT2D eigenvalue weighted by Crippen LogP contribution is 2.23. The lowest BCUT2D eigenvalue weighted by molar-refractivity contribution is -0.119. The van der Waals surface area contributed by atoms with Gasteiger partial charge in [-0.2, -0.15) is 4.31 Å². The van der Waals surface area contributed by atoms with Gasteiger partial charge in [-0.15, -0.1) is 0 Å². The molecule has 0 unspecified atom stereocenters. The lowest BCUT2D eigenvalue weighted by atomic mass is 10.2. The van der Waals surface area contributed by atoms with Crippen LogP contribution in [0.5, 0.6) is 5.75 Å². The molecular formula is C27H28N2O6S. The molecule has 1 fully saturated rings. The molecule has 3 aromatic rings. The van der Waals surface area contributed by atoms with Gasteiger partial charge in [-0.05, 0) is 54.8 Å². The third-order valence-electron chi connectivity index (χ3n) is 5.77. The average molecular weight is 509 g/mol. The Kier molecular flexibility index (Phi) is 8.35. The molecule has 1 amide bonds. The standard InChI is InChI=1S/C27H28N2O6S/c30-26(28-22-13-15-23(16-14-22)36(32,33)29-17-7-2-8-18-29)20-35-27(31)24-11-5-6-12-25(24)34-19-21-9-3-1-4-10-21/h1,3-6,9-16H,2,7-8,17-20H2,(H,28,30). The predicted molar refractivity (Wildman–Crippen MR) is 135 cm³/mol. The number of carbonyl (C=O) groups is 2. The van der Waals surface area contributed by atoms with E-state index in [-0.39, 0.29) is 17.1 Å². The van der Waals surface area contributed by atoms with E-state index in [1.807, 2.05) is 30.3 Å². The van der Waals surface area contributed by atoms with Crippen LogP contribution in [0.4, 0.5) is 5.69 Å². The molecular weight excluding hydrogens is 480 g/mol. The number of sulfonamides is 1.